The number of hydrogen-bond donors (Lipinski definition) is 1. The van der Waals surface area contributed by atoms with Crippen LogP contribution in [0.15, 0.2) is 24.3 Å². The van der Waals surface area contributed by atoms with Crippen molar-refractivity contribution in [2.45, 2.75) is 46.2 Å². The van der Waals surface area contributed by atoms with Gasteiger partial charge in [0.25, 0.3) is 0 Å². The van der Waals surface area contributed by atoms with Gasteiger partial charge in [-0.05, 0) is 38.0 Å². The minimum Gasteiger partial charge on any atom is -0.494 e. The first-order chi connectivity index (χ1) is 9.88. The zero-order valence-corrected chi connectivity index (χ0v) is 13.0. The summed E-state index contributed by atoms with van der Waals surface area (Å²) in [6.07, 6.45) is 0.873. The van der Waals surface area contributed by atoms with E-state index in [0.717, 1.165) is 6.42 Å². The maximum Gasteiger partial charge on any atom is 0.331 e. The van der Waals surface area contributed by atoms with Gasteiger partial charge in [-0.15, -0.1) is 0 Å². The van der Waals surface area contributed by atoms with Gasteiger partial charge in [0.15, 0.2) is 6.04 Å². The van der Waals surface area contributed by atoms with Gasteiger partial charge in [-0.2, -0.15) is 0 Å². The summed E-state index contributed by atoms with van der Waals surface area (Å²) in [7, 11) is 0. The molecule has 0 aliphatic heterocycles. The first-order valence-corrected chi connectivity index (χ1v) is 7.13. The van der Waals surface area contributed by atoms with Crippen molar-refractivity contribution in [1.82, 2.24) is 4.90 Å². The summed E-state index contributed by atoms with van der Waals surface area (Å²) in [5.41, 5.74) is 0.542. The Morgan fingerprint density at radius 1 is 1.33 bits per heavy atom. The Labute approximate surface area is 125 Å². The van der Waals surface area contributed by atoms with Gasteiger partial charge in [-0.3, -0.25) is 4.79 Å². The number of hydrogen-bond acceptors (Lipinski definition) is 3. The second-order valence-electron chi connectivity index (χ2n) is 5.18. The molecule has 1 rings (SSSR count). The summed E-state index contributed by atoms with van der Waals surface area (Å²) in [5, 5.41) is 9.53. The van der Waals surface area contributed by atoms with E-state index in [0.29, 0.717) is 17.9 Å². The van der Waals surface area contributed by atoms with Crippen LogP contribution >= 0.6 is 0 Å². The molecule has 0 radical (unpaired) electrons. The number of carbonyl (C=O) groups excluding carboxylic acids is 1. The van der Waals surface area contributed by atoms with Gasteiger partial charge >= 0.3 is 5.97 Å². The molecule has 0 saturated carbocycles. The van der Waals surface area contributed by atoms with Crippen LogP contribution in [0.5, 0.6) is 5.75 Å². The summed E-state index contributed by atoms with van der Waals surface area (Å²) in [6.45, 7) is 7.55. The Balaban J connectivity index is 3.16. The fraction of sp³-hybridized carbons (Fsp3) is 0.500. The Hall–Kier alpha value is -2.04. The third kappa shape index (κ3) is 4.48. The van der Waals surface area contributed by atoms with Crippen molar-refractivity contribution in [3.63, 3.8) is 0 Å². The maximum absolute atomic E-state index is 11.8. The van der Waals surface area contributed by atoms with Gasteiger partial charge in [-0.25, -0.2) is 4.79 Å². The highest BCUT2D eigenvalue weighted by Gasteiger charge is 2.31. The molecule has 0 fully saturated rings. The van der Waals surface area contributed by atoms with Gasteiger partial charge in [0, 0.05) is 13.0 Å². The topological polar surface area (TPSA) is 66.8 Å². The van der Waals surface area contributed by atoms with Crippen LogP contribution in [0, 0.1) is 0 Å². The third-order valence-corrected chi connectivity index (χ3v) is 3.08. The number of carboxylic acid groups (broad SMARTS) is 1. The summed E-state index contributed by atoms with van der Waals surface area (Å²) >= 11 is 0. The van der Waals surface area contributed by atoms with E-state index in [4.69, 9.17) is 4.74 Å². The number of aliphatic carboxylic acids is 1. The molecule has 1 aromatic rings. The third-order valence-electron chi connectivity index (χ3n) is 3.08. The standard InChI is InChI=1S/C16H23NO4/c1-5-9-21-14-8-6-7-13(10-14)15(16(19)20)17(11(2)3)12(4)18/h6-8,10-11,15H,5,9H2,1-4H3,(H,19,20). The van der Waals surface area contributed by atoms with Crippen molar-refractivity contribution in [2.75, 3.05) is 6.61 Å². The van der Waals surface area contributed by atoms with E-state index in [-0.39, 0.29) is 11.9 Å². The summed E-state index contributed by atoms with van der Waals surface area (Å²) in [6, 6.07) is 5.71. The molecule has 0 aliphatic rings. The number of ether oxygens (including phenoxy) is 1. The number of amides is 1. The monoisotopic (exact) mass is 293 g/mol. The lowest BCUT2D eigenvalue weighted by atomic mass is 10.0. The van der Waals surface area contributed by atoms with Gasteiger partial charge in [0.05, 0.1) is 6.61 Å². The first-order valence-electron chi connectivity index (χ1n) is 7.13. The SMILES string of the molecule is CCCOc1cccc(C(C(=O)O)N(C(C)=O)C(C)C)c1. The molecule has 0 heterocycles. The van der Waals surface area contributed by atoms with Gasteiger partial charge in [-0.1, -0.05) is 19.1 Å². The molecule has 0 aliphatic carbocycles. The molecule has 1 N–H and O–H groups in total. The van der Waals surface area contributed by atoms with E-state index in [9.17, 15) is 14.7 Å². The minimum absolute atomic E-state index is 0.205. The lowest BCUT2D eigenvalue weighted by molar-refractivity contribution is -0.151. The number of benzene rings is 1. The molecule has 1 unspecified atom stereocenters. The van der Waals surface area contributed by atoms with E-state index in [1.54, 1.807) is 38.1 Å². The molecule has 0 saturated heterocycles. The molecule has 0 spiro atoms. The largest absolute Gasteiger partial charge is 0.494 e. The van der Waals surface area contributed by atoms with Gasteiger partial charge in [0.1, 0.15) is 5.75 Å². The summed E-state index contributed by atoms with van der Waals surface area (Å²) in [4.78, 5) is 24.8. The van der Waals surface area contributed by atoms with Crippen LogP contribution in [0.25, 0.3) is 0 Å². The fourth-order valence-electron chi connectivity index (χ4n) is 2.26. The predicted octanol–water partition coefficient (Wildman–Crippen LogP) is 2.86. The molecule has 0 aromatic heterocycles. The highest BCUT2D eigenvalue weighted by molar-refractivity contribution is 5.83. The number of carbonyl (C=O) groups is 2. The van der Waals surface area contributed by atoms with Crippen LogP contribution in [0.2, 0.25) is 0 Å². The summed E-state index contributed by atoms with van der Waals surface area (Å²) < 4.78 is 5.53. The highest BCUT2D eigenvalue weighted by Crippen LogP contribution is 2.26. The zero-order valence-electron chi connectivity index (χ0n) is 13.0. The lowest BCUT2D eigenvalue weighted by Crippen LogP contribution is -2.42. The molecule has 116 valence electrons. The van der Waals surface area contributed by atoms with Crippen molar-refractivity contribution in [3.8, 4) is 5.75 Å². The minimum atomic E-state index is -1.05. The normalized spacial score (nSPS) is 12.0. The van der Waals surface area contributed by atoms with Crippen LogP contribution in [0.1, 0.15) is 45.7 Å². The quantitative estimate of drug-likeness (QED) is 0.839. The molecule has 1 atom stereocenters. The van der Waals surface area contributed by atoms with E-state index in [2.05, 4.69) is 0 Å². The van der Waals surface area contributed by atoms with Crippen LogP contribution in [0.4, 0.5) is 0 Å². The smallest absolute Gasteiger partial charge is 0.331 e. The highest BCUT2D eigenvalue weighted by atomic mass is 16.5. The average Bonchev–Trinajstić information content (AvgIpc) is 2.41. The molecule has 1 amide bonds. The molecular weight excluding hydrogens is 270 g/mol. The van der Waals surface area contributed by atoms with E-state index in [1.807, 2.05) is 6.92 Å². The van der Waals surface area contributed by atoms with Crippen LogP contribution in [-0.2, 0) is 9.59 Å². The summed E-state index contributed by atoms with van der Waals surface area (Å²) in [5.74, 6) is -0.698. The van der Waals surface area contributed by atoms with Crippen molar-refractivity contribution in [3.05, 3.63) is 29.8 Å². The van der Waals surface area contributed by atoms with Gasteiger partial charge < -0.3 is 14.7 Å². The van der Waals surface area contributed by atoms with Crippen LogP contribution < -0.4 is 4.74 Å². The van der Waals surface area contributed by atoms with E-state index >= 15 is 0 Å². The molecule has 5 nitrogen and oxygen atoms in total. The Morgan fingerprint density at radius 3 is 2.48 bits per heavy atom. The molecule has 0 bridgehead atoms. The van der Waals surface area contributed by atoms with Crippen LogP contribution in [0.3, 0.4) is 0 Å². The van der Waals surface area contributed by atoms with Crippen molar-refractivity contribution >= 4 is 11.9 Å². The van der Waals surface area contributed by atoms with Crippen LogP contribution in [-0.4, -0.2) is 34.5 Å². The fourth-order valence-corrected chi connectivity index (χ4v) is 2.26. The Bertz CT molecular complexity index is 499. The zero-order chi connectivity index (χ0) is 16.0. The second kappa shape index (κ2) is 7.67. The average molecular weight is 293 g/mol. The van der Waals surface area contributed by atoms with Crippen molar-refractivity contribution < 1.29 is 19.4 Å². The predicted molar refractivity (Wildman–Crippen MR) is 80.3 cm³/mol. The maximum atomic E-state index is 11.8. The number of nitrogens with zero attached hydrogens (tertiary/aromatic N) is 1. The second-order valence-corrected chi connectivity index (χ2v) is 5.18. The Morgan fingerprint density at radius 2 is 2.00 bits per heavy atom. The lowest BCUT2D eigenvalue weighted by Gasteiger charge is -2.32. The van der Waals surface area contributed by atoms with E-state index in [1.165, 1.54) is 11.8 Å². The number of rotatable bonds is 7. The van der Waals surface area contributed by atoms with Crippen molar-refractivity contribution in [2.24, 2.45) is 0 Å². The van der Waals surface area contributed by atoms with E-state index < -0.39 is 12.0 Å². The van der Waals surface area contributed by atoms with Crippen molar-refractivity contribution in [1.29, 1.82) is 0 Å². The molecule has 21 heavy (non-hydrogen) atoms. The Kier molecular flexibility index (Phi) is 6.21. The van der Waals surface area contributed by atoms with Gasteiger partial charge in [0.2, 0.25) is 5.91 Å². The molecule has 1 aromatic carbocycles. The first kappa shape index (κ1) is 17.0. The number of carboxylic acids is 1. The molecular formula is C16H23NO4. The molecule has 5 heteroatoms.